The second-order valence-corrected chi connectivity index (χ2v) is 7.24. The quantitative estimate of drug-likeness (QED) is 0.694. The van der Waals surface area contributed by atoms with Crippen LogP contribution in [0.2, 0.25) is 0 Å². The van der Waals surface area contributed by atoms with Gasteiger partial charge in [-0.05, 0) is 48.0 Å². The van der Waals surface area contributed by atoms with E-state index in [0.29, 0.717) is 0 Å². The second-order valence-electron chi connectivity index (χ2n) is 7.24. The van der Waals surface area contributed by atoms with Crippen LogP contribution in [0.25, 0.3) is 0 Å². The molecule has 6 nitrogen and oxygen atoms in total. The number of carbonyl (C=O) groups excluding carboxylic acids is 2. The van der Waals surface area contributed by atoms with Gasteiger partial charge in [0, 0.05) is 6.54 Å². The molecule has 0 radical (unpaired) electrons. The molecule has 118 valence electrons. The number of nitriles is 1. The lowest BCUT2D eigenvalue weighted by Gasteiger charge is -2.29. The third kappa shape index (κ3) is 5.25. The predicted molar refractivity (Wildman–Crippen MR) is 76.3 cm³/mol. The average Bonchev–Trinajstić information content (AvgIpc) is 2.68. The number of hydrogen-bond acceptors (Lipinski definition) is 5. The third-order valence-electron chi connectivity index (χ3n) is 2.79. The molecule has 6 heteroatoms. The molecule has 0 aliphatic carbocycles. The first-order valence-corrected chi connectivity index (χ1v) is 7.05. The zero-order chi connectivity index (χ0) is 16.4. The van der Waals surface area contributed by atoms with E-state index in [1.807, 2.05) is 0 Å². The van der Waals surface area contributed by atoms with Crippen LogP contribution in [0.4, 0.5) is 4.79 Å². The Kier molecular flexibility index (Phi) is 4.87. The molecule has 0 saturated carbocycles. The van der Waals surface area contributed by atoms with Gasteiger partial charge in [-0.25, -0.2) is 9.59 Å². The van der Waals surface area contributed by atoms with E-state index in [9.17, 15) is 9.59 Å². The molecule has 1 saturated heterocycles. The number of amides is 1. The van der Waals surface area contributed by atoms with Crippen molar-refractivity contribution in [1.82, 2.24) is 4.90 Å². The molecule has 2 atom stereocenters. The summed E-state index contributed by atoms with van der Waals surface area (Å²) in [4.78, 5) is 25.7. The maximum atomic E-state index is 12.2. The summed E-state index contributed by atoms with van der Waals surface area (Å²) in [7, 11) is 0. The highest BCUT2D eigenvalue weighted by Crippen LogP contribution is 2.27. The van der Waals surface area contributed by atoms with Crippen LogP contribution in [0.15, 0.2) is 0 Å². The Morgan fingerprint density at radius 2 is 1.62 bits per heavy atom. The largest absolute Gasteiger partial charge is 0.458 e. The van der Waals surface area contributed by atoms with E-state index < -0.39 is 29.3 Å². The van der Waals surface area contributed by atoms with E-state index in [4.69, 9.17) is 14.7 Å². The number of esters is 1. The molecule has 1 fully saturated rings. The fourth-order valence-electron chi connectivity index (χ4n) is 2.05. The summed E-state index contributed by atoms with van der Waals surface area (Å²) >= 11 is 0. The number of ether oxygens (including phenoxy) is 2. The number of nitrogens with zero attached hydrogens (tertiary/aromatic N) is 2. The molecule has 1 amide bonds. The van der Waals surface area contributed by atoms with Crippen LogP contribution in [0.5, 0.6) is 0 Å². The minimum Gasteiger partial charge on any atom is -0.458 e. The van der Waals surface area contributed by atoms with Crippen LogP contribution in [0.1, 0.15) is 48.0 Å². The molecule has 0 bridgehead atoms. The van der Waals surface area contributed by atoms with Crippen molar-refractivity contribution >= 4 is 12.1 Å². The lowest BCUT2D eigenvalue weighted by atomic mass is 10.1. The first-order valence-electron chi connectivity index (χ1n) is 7.05. The Hall–Kier alpha value is -1.77. The van der Waals surface area contributed by atoms with Gasteiger partial charge in [0.25, 0.3) is 0 Å². The van der Waals surface area contributed by atoms with E-state index in [-0.39, 0.29) is 18.9 Å². The van der Waals surface area contributed by atoms with Gasteiger partial charge in [0.2, 0.25) is 0 Å². The summed E-state index contributed by atoms with van der Waals surface area (Å²) in [5.74, 6) is -0.874. The number of rotatable bonds is 1. The average molecular weight is 296 g/mol. The van der Waals surface area contributed by atoms with Gasteiger partial charge >= 0.3 is 12.1 Å². The Balaban J connectivity index is 2.86. The summed E-state index contributed by atoms with van der Waals surface area (Å²) < 4.78 is 10.6. The lowest BCUT2D eigenvalue weighted by molar-refractivity contribution is -0.160. The zero-order valence-corrected chi connectivity index (χ0v) is 13.6. The Morgan fingerprint density at radius 1 is 1.10 bits per heavy atom. The van der Waals surface area contributed by atoms with E-state index >= 15 is 0 Å². The van der Waals surface area contributed by atoms with Crippen molar-refractivity contribution < 1.29 is 19.1 Å². The van der Waals surface area contributed by atoms with Gasteiger partial charge in [0.15, 0.2) is 0 Å². The van der Waals surface area contributed by atoms with Gasteiger partial charge in [-0.3, -0.25) is 4.90 Å². The summed E-state index contributed by atoms with van der Waals surface area (Å²) in [6, 6.07) is 1.34. The summed E-state index contributed by atoms with van der Waals surface area (Å²) in [5, 5.41) is 9.05. The monoisotopic (exact) mass is 296 g/mol. The first-order chi connectivity index (χ1) is 9.43. The minimum absolute atomic E-state index is 0.190. The molecular weight excluding hydrogens is 272 g/mol. The van der Waals surface area contributed by atoms with Crippen molar-refractivity contribution in [2.45, 2.75) is 65.2 Å². The summed E-state index contributed by atoms with van der Waals surface area (Å²) in [6.45, 7) is 10.7. The van der Waals surface area contributed by atoms with Gasteiger partial charge in [-0.2, -0.15) is 5.26 Å². The van der Waals surface area contributed by atoms with Crippen LogP contribution >= 0.6 is 0 Å². The Morgan fingerprint density at radius 3 is 2.05 bits per heavy atom. The standard InChI is InChI=1S/C15H24N2O4/c1-14(2,3)20-12(18)11-7-10(8-16)9-17(11)13(19)21-15(4,5)6/h10-11H,7,9H2,1-6H3/t10-,11+/m1/s1. The first kappa shape index (κ1) is 17.3. The van der Waals surface area contributed by atoms with Gasteiger partial charge < -0.3 is 9.47 Å². The smallest absolute Gasteiger partial charge is 0.411 e. The highest BCUT2D eigenvalue weighted by molar-refractivity contribution is 5.82. The molecule has 0 aromatic carbocycles. The molecule has 1 aliphatic heterocycles. The van der Waals surface area contributed by atoms with Crippen molar-refractivity contribution in [2.75, 3.05) is 6.54 Å². The molecular formula is C15H24N2O4. The van der Waals surface area contributed by atoms with Crippen LogP contribution in [-0.4, -0.2) is 40.8 Å². The Labute approximate surface area is 126 Å². The van der Waals surface area contributed by atoms with Crippen molar-refractivity contribution in [2.24, 2.45) is 5.92 Å². The second kappa shape index (κ2) is 5.92. The highest BCUT2D eigenvalue weighted by atomic mass is 16.6. The summed E-state index contributed by atoms with van der Waals surface area (Å²) in [5.41, 5.74) is -1.29. The zero-order valence-electron chi connectivity index (χ0n) is 13.6. The van der Waals surface area contributed by atoms with E-state index in [1.165, 1.54) is 4.90 Å². The highest BCUT2D eigenvalue weighted by Gasteiger charge is 2.43. The third-order valence-corrected chi connectivity index (χ3v) is 2.79. The fraction of sp³-hybridized carbons (Fsp3) is 0.800. The normalized spacial score (nSPS) is 22.6. The molecule has 1 heterocycles. The fourth-order valence-corrected chi connectivity index (χ4v) is 2.05. The number of likely N-dealkylation sites (tertiary alicyclic amines) is 1. The van der Waals surface area contributed by atoms with Gasteiger partial charge in [-0.15, -0.1) is 0 Å². The van der Waals surface area contributed by atoms with Crippen molar-refractivity contribution in [3.8, 4) is 6.07 Å². The molecule has 0 aromatic heterocycles. The Bertz CT molecular complexity index is 418. The summed E-state index contributed by atoms with van der Waals surface area (Å²) in [6.07, 6.45) is -0.305. The molecule has 0 aromatic rings. The lowest BCUT2D eigenvalue weighted by Crippen LogP contribution is -2.45. The van der Waals surface area contributed by atoms with E-state index in [0.717, 1.165) is 0 Å². The maximum absolute atomic E-state index is 12.2. The van der Waals surface area contributed by atoms with Crippen LogP contribution in [0, 0.1) is 17.2 Å². The minimum atomic E-state index is -0.760. The van der Waals surface area contributed by atoms with Gasteiger partial charge in [0.1, 0.15) is 17.2 Å². The number of carbonyl (C=O) groups is 2. The molecule has 21 heavy (non-hydrogen) atoms. The molecule has 1 rings (SSSR count). The van der Waals surface area contributed by atoms with Gasteiger partial charge in [-0.1, -0.05) is 0 Å². The van der Waals surface area contributed by atoms with Crippen LogP contribution < -0.4 is 0 Å². The molecule has 1 aliphatic rings. The topological polar surface area (TPSA) is 79.6 Å². The molecule has 0 unspecified atom stereocenters. The molecule has 0 N–H and O–H groups in total. The maximum Gasteiger partial charge on any atom is 0.411 e. The van der Waals surface area contributed by atoms with Crippen molar-refractivity contribution in [1.29, 1.82) is 5.26 Å². The van der Waals surface area contributed by atoms with Gasteiger partial charge in [0.05, 0.1) is 12.0 Å². The van der Waals surface area contributed by atoms with Crippen molar-refractivity contribution in [3.05, 3.63) is 0 Å². The van der Waals surface area contributed by atoms with Crippen LogP contribution in [-0.2, 0) is 14.3 Å². The predicted octanol–water partition coefficient (Wildman–Crippen LogP) is 2.48. The SMILES string of the molecule is CC(C)(C)OC(=O)[C@@H]1C[C@H](C#N)CN1C(=O)OC(C)(C)C. The van der Waals surface area contributed by atoms with E-state index in [1.54, 1.807) is 41.5 Å². The van der Waals surface area contributed by atoms with Crippen LogP contribution in [0.3, 0.4) is 0 Å². The van der Waals surface area contributed by atoms with E-state index in [2.05, 4.69) is 6.07 Å². The number of hydrogen-bond donors (Lipinski definition) is 0. The van der Waals surface area contributed by atoms with Crippen molar-refractivity contribution in [3.63, 3.8) is 0 Å². The molecule has 0 spiro atoms.